The summed E-state index contributed by atoms with van der Waals surface area (Å²) in [6.07, 6.45) is -1.01. The molecule has 2 N–H and O–H groups in total. The predicted molar refractivity (Wildman–Crippen MR) is 34.4 cm³/mol. The first-order valence-electron chi connectivity index (χ1n) is 2.78. The first-order valence-corrected chi connectivity index (χ1v) is 2.78. The fourth-order valence-electron chi connectivity index (χ4n) is 0.550. The Bertz CT molecular complexity index is 277. The lowest BCUT2D eigenvalue weighted by molar-refractivity contribution is 0.208. The van der Waals surface area contributed by atoms with Gasteiger partial charge >= 0.3 is 6.09 Å². The first kappa shape index (κ1) is 7.46. The van der Waals surface area contributed by atoms with Gasteiger partial charge in [0.25, 0.3) is 0 Å². The van der Waals surface area contributed by atoms with Gasteiger partial charge in [-0.05, 0) is 6.07 Å². The van der Waals surface area contributed by atoms with Crippen LogP contribution in [0.3, 0.4) is 0 Å². The van der Waals surface area contributed by atoms with Crippen molar-refractivity contribution in [1.29, 1.82) is 0 Å². The number of nitrogens with two attached hydrogens (primary N) is 1. The van der Waals surface area contributed by atoms with Crippen LogP contribution in [0.1, 0.15) is 0 Å². The second-order valence-corrected chi connectivity index (χ2v) is 1.72. The van der Waals surface area contributed by atoms with Crippen LogP contribution in [0.4, 0.5) is 9.18 Å². The van der Waals surface area contributed by atoms with E-state index in [-0.39, 0.29) is 5.88 Å². The fraction of sp³-hybridized carbons (Fsp3) is 0. The minimum absolute atomic E-state index is 0.141. The van der Waals surface area contributed by atoms with Gasteiger partial charge < -0.3 is 10.5 Å². The molecule has 0 saturated carbocycles. The topological polar surface area (TPSA) is 65.2 Å². The van der Waals surface area contributed by atoms with Crippen molar-refractivity contribution < 1.29 is 13.9 Å². The predicted octanol–water partition coefficient (Wildman–Crippen LogP) is 0.678. The maximum atomic E-state index is 12.3. The smallest absolute Gasteiger partial charge is 0.391 e. The maximum Gasteiger partial charge on any atom is 0.411 e. The lowest BCUT2D eigenvalue weighted by atomic mass is 10.5. The molecule has 0 radical (unpaired) electrons. The van der Waals surface area contributed by atoms with Crippen LogP contribution >= 0.6 is 0 Å². The van der Waals surface area contributed by atoms with E-state index in [1.807, 2.05) is 0 Å². The third-order valence-electron chi connectivity index (χ3n) is 0.895. The Balaban J connectivity index is 2.79. The van der Waals surface area contributed by atoms with Crippen LogP contribution in [-0.2, 0) is 0 Å². The molecule has 0 aliphatic carbocycles. The van der Waals surface area contributed by atoms with E-state index in [4.69, 9.17) is 0 Å². The van der Waals surface area contributed by atoms with Crippen molar-refractivity contribution in [2.45, 2.75) is 0 Å². The molecule has 1 rings (SSSR count). The molecule has 0 spiro atoms. The summed E-state index contributed by atoms with van der Waals surface area (Å²) in [5, 5.41) is 0. The van der Waals surface area contributed by atoms with Gasteiger partial charge in [-0.15, -0.1) is 0 Å². The van der Waals surface area contributed by atoms with Crippen molar-refractivity contribution in [2.75, 3.05) is 0 Å². The largest absolute Gasteiger partial charge is 0.411 e. The van der Waals surface area contributed by atoms with E-state index >= 15 is 0 Å². The highest BCUT2D eigenvalue weighted by Crippen LogP contribution is 2.05. The normalized spacial score (nSPS) is 9.18. The molecule has 1 amide bonds. The number of carbonyl (C=O) groups is 1. The van der Waals surface area contributed by atoms with Gasteiger partial charge in [-0.25, -0.2) is 4.79 Å². The zero-order valence-corrected chi connectivity index (χ0v) is 5.45. The minimum Gasteiger partial charge on any atom is -0.391 e. The van der Waals surface area contributed by atoms with Gasteiger partial charge in [0.05, 0.1) is 0 Å². The average molecular weight is 156 g/mol. The molecule has 1 aromatic rings. The number of pyridine rings is 1. The summed E-state index contributed by atoms with van der Waals surface area (Å²) in [5.41, 5.74) is 4.65. The molecular weight excluding hydrogens is 151 g/mol. The molecule has 5 heteroatoms. The van der Waals surface area contributed by atoms with E-state index in [1.54, 1.807) is 0 Å². The molecule has 0 atom stereocenters. The molecule has 0 saturated heterocycles. The molecule has 0 aromatic carbocycles. The Kier molecular flexibility index (Phi) is 2.00. The Labute approximate surface area is 61.8 Å². The van der Waals surface area contributed by atoms with Crippen molar-refractivity contribution in [3.63, 3.8) is 0 Å². The van der Waals surface area contributed by atoms with Gasteiger partial charge in [0.1, 0.15) is 0 Å². The van der Waals surface area contributed by atoms with E-state index in [0.29, 0.717) is 0 Å². The van der Waals surface area contributed by atoms with Gasteiger partial charge in [-0.2, -0.15) is 9.37 Å². The monoisotopic (exact) mass is 156 g/mol. The number of carbonyl (C=O) groups excluding carboxylic acids is 1. The standard InChI is InChI=1S/C6H5FN2O2/c7-4-2-1-3-5(9-4)11-6(8)10/h1-3H,(H2,8,10). The molecule has 0 fully saturated rings. The van der Waals surface area contributed by atoms with E-state index < -0.39 is 12.0 Å². The number of aromatic nitrogens is 1. The van der Waals surface area contributed by atoms with Crippen molar-refractivity contribution >= 4 is 6.09 Å². The van der Waals surface area contributed by atoms with Gasteiger partial charge in [-0.1, -0.05) is 6.07 Å². The molecule has 0 aliphatic heterocycles. The molecule has 1 aromatic heterocycles. The summed E-state index contributed by atoms with van der Waals surface area (Å²) in [7, 11) is 0. The molecule has 0 bridgehead atoms. The third kappa shape index (κ3) is 2.21. The maximum absolute atomic E-state index is 12.3. The Morgan fingerprint density at radius 1 is 1.64 bits per heavy atom. The van der Waals surface area contributed by atoms with Crippen LogP contribution < -0.4 is 10.5 Å². The Morgan fingerprint density at radius 3 is 2.91 bits per heavy atom. The van der Waals surface area contributed by atoms with Gasteiger partial charge in [0, 0.05) is 6.07 Å². The number of nitrogens with zero attached hydrogens (tertiary/aromatic N) is 1. The minimum atomic E-state index is -1.01. The lowest BCUT2D eigenvalue weighted by Gasteiger charge is -1.96. The summed E-state index contributed by atoms with van der Waals surface area (Å²) in [6.45, 7) is 0. The molecule has 4 nitrogen and oxygen atoms in total. The number of primary amides is 1. The second kappa shape index (κ2) is 2.96. The number of hydrogen-bond donors (Lipinski definition) is 1. The van der Waals surface area contributed by atoms with Crippen LogP contribution in [0.2, 0.25) is 0 Å². The zero-order chi connectivity index (χ0) is 8.27. The van der Waals surface area contributed by atoms with E-state index in [0.717, 1.165) is 6.07 Å². The molecule has 11 heavy (non-hydrogen) atoms. The Morgan fingerprint density at radius 2 is 2.36 bits per heavy atom. The number of amides is 1. The molecular formula is C6H5FN2O2. The van der Waals surface area contributed by atoms with Gasteiger partial charge in [0.2, 0.25) is 11.8 Å². The van der Waals surface area contributed by atoms with Crippen molar-refractivity contribution in [2.24, 2.45) is 5.73 Å². The fourth-order valence-corrected chi connectivity index (χ4v) is 0.550. The number of hydrogen-bond acceptors (Lipinski definition) is 3. The van der Waals surface area contributed by atoms with Crippen LogP contribution in [0.15, 0.2) is 18.2 Å². The number of rotatable bonds is 1. The van der Waals surface area contributed by atoms with Crippen molar-refractivity contribution in [1.82, 2.24) is 4.98 Å². The highest BCUT2D eigenvalue weighted by atomic mass is 19.1. The summed E-state index contributed by atoms with van der Waals surface area (Å²) < 4.78 is 16.6. The average Bonchev–Trinajstić information content (AvgIpc) is 1.85. The van der Waals surface area contributed by atoms with Crippen LogP contribution in [0, 0.1) is 5.95 Å². The second-order valence-electron chi connectivity index (χ2n) is 1.72. The molecule has 0 aliphatic rings. The SMILES string of the molecule is NC(=O)Oc1cccc(F)n1. The van der Waals surface area contributed by atoms with E-state index in [2.05, 4.69) is 15.5 Å². The summed E-state index contributed by atoms with van der Waals surface area (Å²) in [4.78, 5) is 13.3. The van der Waals surface area contributed by atoms with Crippen LogP contribution in [0.5, 0.6) is 5.88 Å². The zero-order valence-electron chi connectivity index (χ0n) is 5.45. The highest BCUT2D eigenvalue weighted by molar-refractivity contribution is 5.67. The number of ether oxygens (including phenoxy) is 1. The molecule has 1 heterocycles. The quantitative estimate of drug-likeness (QED) is 0.608. The van der Waals surface area contributed by atoms with Crippen LogP contribution in [0.25, 0.3) is 0 Å². The Hall–Kier alpha value is -1.65. The molecule has 0 unspecified atom stereocenters. The highest BCUT2D eigenvalue weighted by Gasteiger charge is 1.99. The van der Waals surface area contributed by atoms with E-state index in [1.165, 1.54) is 12.1 Å². The van der Waals surface area contributed by atoms with Gasteiger partial charge in [-0.3, -0.25) is 0 Å². The van der Waals surface area contributed by atoms with E-state index in [9.17, 15) is 9.18 Å². The molecule has 58 valence electrons. The summed E-state index contributed by atoms with van der Waals surface area (Å²) in [6, 6.07) is 3.82. The third-order valence-corrected chi connectivity index (χ3v) is 0.895. The van der Waals surface area contributed by atoms with Crippen molar-refractivity contribution in [3.05, 3.63) is 24.1 Å². The first-order chi connectivity index (χ1) is 5.18. The number of halogens is 1. The van der Waals surface area contributed by atoms with Crippen molar-refractivity contribution in [3.8, 4) is 5.88 Å². The van der Waals surface area contributed by atoms with Crippen LogP contribution in [-0.4, -0.2) is 11.1 Å². The lowest BCUT2D eigenvalue weighted by Crippen LogP contribution is -2.16. The van der Waals surface area contributed by atoms with Gasteiger partial charge in [0.15, 0.2) is 0 Å². The summed E-state index contributed by atoms with van der Waals surface area (Å²) >= 11 is 0. The summed E-state index contributed by atoms with van der Waals surface area (Å²) in [5.74, 6) is -0.860.